The molecule has 4 nitrogen and oxygen atoms in total. The van der Waals surface area contributed by atoms with E-state index in [9.17, 15) is 4.79 Å². The smallest absolute Gasteiger partial charge is 0.164 e. The minimum absolute atomic E-state index is 0.0761. The Balaban J connectivity index is 2.10. The predicted octanol–water partition coefficient (Wildman–Crippen LogP) is 3.27. The van der Waals surface area contributed by atoms with E-state index in [-0.39, 0.29) is 11.2 Å². The summed E-state index contributed by atoms with van der Waals surface area (Å²) in [6.07, 6.45) is 1.28. The largest absolute Gasteiger partial charge is 0.378 e. The summed E-state index contributed by atoms with van der Waals surface area (Å²) in [6.45, 7) is 10.7. The molecule has 19 heavy (non-hydrogen) atoms. The average molecular weight is 282 g/mol. The van der Waals surface area contributed by atoms with Gasteiger partial charge < -0.3 is 10.1 Å². The van der Waals surface area contributed by atoms with E-state index in [0.29, 0.717) is 12.1 Å². The predicted molar refractivity (Wildman–Crippen MR) is 78.1 cm³/mol. The van der Waals surface area contributed by atoms with Crippen molar-refractivity contribution in [3.05, 3.63) is 11.3 Å². The summed E-state index contributed by atoms with van der Waals surface area (Å²) in [5, 5.41) is 4.38. The molecule has 0 aliphatic heterocycles. The number of anilines is 1. The molecule has 5 heteroatoms. The second-order valence-corrected chi connectivity index (χ2v) is 6.50. The monoisotopic (exact) mass is 282 g/mol. The van der Waals surface area contributed by atoms with Crippen molar-refractivity contribution < 1.29 is 9.53 Å². The Bertz CT molecular complexity index is 482. The quantitative estimate of drug-likeness (QED) is 0.842. The normalized spacial score (nSPS) is 24.9. The molecule has 2 unspecified atom stereocenters. The van der Waals surface area contributed by atoms with E-state index in [0.717, 1.165) is 29.3 Å². The van der Waals surface area contributed by atoms with Crippen LogP contribution in [0.3, 0.4) is 0 Å². The van der Waals surface area contributed by atoms with Crippen LogP contribution in [0.5, 0.6) is 0 Å². The molecule has 0 spiro atoms. The molecule has 1 aromatic heterocycles. The lowest BCUT2D eigenvalue weighted by Gasteiger charge is -2.51. The van der Waals surface area contributed by atoms with Crippen LogP contribution in [0.1, 0.15) is 50.2 Å². The van der Waals surface area contributed by atoms with Crippen molar-refractivity contribution in [2.45, 2.75) is 53.2 Å². The number of nitrogens with one attached hydrogen (secondary N) is 1. The zero-order chi connectivity index (χ0) is 14.2. The molecule has 2 rings (SSSR count). The minimum atomic E-state index is 0.0761. The molecule has 1 fully saturated rings. The van der Waals surface area contributed by atoms with Gasteiger partial charge in [0.05, 0.1) is 17.4 Å². The average Bonchev–Trinajstić information content (AvgIpc) is 2.69. The maximum atomic E-state index is 11.7. The van der Waals surface area contributed by atoms with Gasteiger partial charge in [-0.05, 0) is 38.7 Å². The molecule has 0 saturated heterocycles. The number of carbonyl (C=O) groups is 1. The fourth-order valence-corrected chi connectivity index (χ4v) is 3.55. The SMILES string of the molecule is CCOC1CC(Nc2snc(C)c2C(C)=O)C1(C)C. The fraction of sp³-hybridized carbons (Fsp3) is 0.714. The third-order valence-electron chi connectivity index (χ3n) is 4.07. The lowest BCUT2D eigenvalue weighted by Crippen LogP contribution is -2.58. The fourth-order valence-electron chi connectivity index (χ4n) is 2.66. The summed E-state index contributed by atoms with van der Waals surface area (Å²) in [7, 11) is 0. The van der Waals surface area contributed by atoms with Crippen molar-refractivity contribution in [3.63, 3.8) is 0 Å². The number of carbonyl (C=O) groups excluding carboxylic acids is 1. The molecular weight excluding hydrogens is 260 g/mol. The van der Waals surface area contributed by atoms with Crippen LogP contribution in [0.2, 0.25) is 0 Å². The second-order valence-electron chi connectivity index (χ2n) is 5.73. The Hall–Kier alpha value is -0.940. The van der Waals surface area contributed by atoms with Gasteiger partial charge in [-0.1, -0.05) is 13.8 Å². The highest BCUT2D eigenvalue weighted by Crippen LogP contribution is 2.45. The topological polar surface area (TPSA) is 51.2 Å². The molecule has 1 saturated carbocycles. The summed E-state index contributed by atoms with van der Waals surface area (Å²) in [4.78, 5) is 11.7. The third kappa shape index (κ3) is 2.54. The van der Waals surface area contributed by atoms with E-state index in [2.05, 4.69) is 23.5 Å². The van der Waals surface area contributed by atoms with Crippen LogP contribution in [-0.2, 0) is 4.74 Å². The van der Waals surface area contributed by atoms with Crippen molar-refractivity contribution in [2.75, 3.05) is 11.9 Å². The van der Waals surface area contributed by atoms with Crippen LogP contribution in [-0.4, -0.2) is 28.9 Å². The number of ether oxygens (including phenoxy) is 1. The summed E-state index contributed by atoms with van der Waals surface area (Å²) in [6, 6.07) is 0.335. The van der Waals surface area contributed by atoms with Gasteiger partial charge in [0.1, 0.15) is 5.00 Å². The Labute approximate surface area is 118 Å². The zero-order valence-electron chi connectivity index (χ0n) is 12.2. The summed E-state index contributed by atoms with van der Waals surface area (Å²) >= 11 is 1.37. The Morgan fingerprint density at radius 2 is 2.26 bits per heavy atom. The van der Waals surface area contributed by atoms with Gasteiger partial charge >= 0.3 is 0 Å². The molecule has 0 radical (unpaired) electrons. The van der Waals surface area contributed by atoms with Gasteiger partial charge in [-0.2, -0.15) is 4.37 Å². The van der Waals surface area contributed by atoms with Crippen LogP contribution >= 0.6 is 11.5 Å². The van der Waals surface area contributed by atoms with Crippen molar-refractivity contribution in [1.82, 2.24) is 4.37 Å². The maximum Gasteiger partial charge on any atom is 0.164 e. The van der Waals surface area contributed by atoms with Gasteiger partial charge in [-0.15, -0.1) is 0 Å². The van der Waals surface area contributed by atoms with E-state index in [1.807, 2.05) is 13.8 Å². The highest BCUT2D eigenvalue weighted by molar-refractivity contribution is 7.10. The minimum Gasteiger partial charge on any atom is -0.378 e. The van der Waals surface area contributed by atoms with E-state index >= 15 is 0 Å². The van der Waals surface area contributed by atoms with Gasteiger partial charge in [-0.25, -0.2) is 0 Å². The van der Waals surface area contributed by atoms with Gasteiger partial charge in [0.2, 0.25) is 0 Å². The number of aromatic nitrogens is 1. The summed E-state index contributed by atoms with van der Waals surface area (Å²) < 4.78 is 10.0. The van der Waals surface area contributed by atoms with Crippen molar-refractivity contribution in [1.29, 1.82) is 0 Å². The second kappa shape index (κ2) is 5.21. The van der Waals surface area contributed by atoms with E-state index < -0.39 is 0 Å². The molecule has 1 aliphatic carbocycles. The molecule has 2 atom stereocenters. The number of hydrogen-bond donors (Lipinski definition) is 1. The van der Waals surface area contributed by atoms with Crippen molar-refractivity contribution >= 4 is 22.3 Å². The number of nitrogens with zero attached hydrogens (tertiary/aromatic N) is 1. The van der Waals surface area contributed by atoms with Crippen LogP contribution in [0.15, 0.2) is 0 Å². The number of ketones is 1. The Morgan fingerprint density at radius 1 is 1.58 bits per heavy atom. The number of Topliss-reactive ketones (excluding diaryl/α,β-unsaturated/α-hetero) is 1. The zero-order valence-corrected chi connectivity index (χ0v) is 13.1. The van der Waals surface area contributed by atoms with Crippen LogP contribution < -0.4 is 5.32 Å². The van der Waals surface area contributed by atoms with Gasteiger partial charge in [0.25, 0.3) is 0 Å². The molecule has 1 heterocycles. The standard InChI is InChI=1S/C14H22N2O2S/c1-6-18-11-7-10(14(11,4)5)15-13-12(9(3)17)8(2)16-19-13/h10-11,15H,6-7H2,1-5H3. The highest BCUT2D eigenvalue weighted by atomic mass is 32.1. The van der Waals surface area contributed by atoms with E-state index in [1.54, 1.807) is 6.92 Å². The lowest BCUT2D eigenvalue weighted by molar-refractivity contribution is -0.0975. The molecule has 0 aromatic carbocycles. The molecule has 1 aliphatic rings. The van der Waals surface area contributed by atoms with Crippen molar-refractivity contribution in [3.8, 4) is 0 Å². The maximum absolute atomic E-state index is 11.7. The molecule has 0 amide bonds. The van der Waals surface area contributed by atoms with Gasteiger partial charge in [0.15, 0.2) is 5.78 Å². The van der Waals surface area contributed by atoms with Crippen molar-refractivity contribution in [2.24, 2.45) is 5.41 Å². The van der Waals surface area contributed by atoms with Gasteiger partial charge in [0, 0.05) is 18.1 Å². The van der Waals surface area contributed by atoms with Crippen LogP contribution in [0.4, 0.5) is 5.00 Å². The lowest BCUT2D eigenvalue weighted by atomic mass is 9.64. The molecule has 106 valence electrons. The van der Waals surface area contributed by atoms with E-state index in [1.165, 1.54) is 11.5 Å². The Kier molecular flexibility index (Phi) is 3.97. The van der Waals surface area contributed by atoms with E-state index in [4.69, 9.17) is 4.74 Å². The third-order valence-corrected chi connectivity index (χ3v) is 4.94. The first kappa shape index (κ1) is 14.5. The van der Waals surface area contributed by atoms with Crippen LogP contribution in [0.25, 0.3) is 0 Å². The van der Waals surface area contributed by atoms with Crippen LogP contribution in [0, 0.1) is 12.3 Å². The number of aryl methyl sites for hydroxylation is 1. The number of rotatable bonds is 5. The summed E-state index contributed by atoms with van der Waals surface area (Å²) in [5.74, 6) is 0.0761. The molecular formula is C14H22N2O2S. The first-order valence-corrected chi connectivity index (χ1v) is 7.50. The number of hydrogen-bond acceptors (Lipinski definition) is 5. The first-order valence-electron chi connectivity index (χ1n) is 6.73. The Morgan fingerprint density at radius 3 is 2.79 bits per heavy atom. The first-order chi connectivity index (χ1) is 8.87. The molecule has 1 aromatic rings. The molecule has 0 bridgehead atoms. The molecule has 1 N–H and O–H groups in total. The highest BCUT2D eigenvalue weighted by Gasteiger charge is 2.49. The van der Waals surface area contributed by atoms with Gasteiger partial charge in [-0.3, -0.25) is 4.79 Å². The summed E-state index contributed by atoms with van der Waals surface area (Å²) in [5.41, 5.74) is 1.64.